The molecular formula is C24H31FN2O2. The zero-order valence-electron chi connectivity index (χ0n) is 17.7. The fourth-order valence-electron chi connectivity index (χ4n) is 3.26. The van der Waals surface area contributed by atoms with Crippen molar-refractivity contribution < 1.29 is 14.0 Å². The van der Waals surface area contributed by atoms with Gasteiger partial charge in [-0.05, 0) is 50.8 Å². The summed E-state index contributed by atoms with van der Waals surface area (Å²) >= 11 is 0. The van der Waals surface area contributed by atoms with Crippen molar-refractivity contribution in [1.82, 2.24) is 10.2 Å². The molecule has 1 N–H and O–H groups in total. The summed E-state index contributed by atoms with van der Waals surface area (Å²) in [6.45, 7) is 8.01. The normalized spacial score (nSPS) is 12.3. The van der Waals surface area contributed by atoms with Crippen LogP contribution in [0.1, 0.15) is 45.2 Å². The average molecular weight is 399 g/mol. The van der Waals surface area contributed by atoms with E-state index in [1.54, 1.807) is 23.1 Å². The van der Waals surface area contributed by atoms with Crippen molar-refractivity contribution in [2.45, 2.75) is 58.5 Å². The Labute approximate surface area is 173 Å². The minimum Gasteiger partial charge on any atom is -0.350 e. The number of rotatable bonds is 8. The van der Waals surface area contributed by atoms with Crippen molar-refractivity contribution in [3.63, 3.8) is 0 Å². The van der Waals surface area contributed by atoms with E-state index in [4.69, 9.17) is 0 Å². The lowest BCUT2D eigenvalue weighted by molar-refractivity contribution is -0.140. The van der Waals surface area contributed by atoms with Gasteiger partial charge in [0.2, 0.25) is 11.8 Å². The number of hydrogen-bond donors (Lipinski definition) is 1. The Bertz CT molecular complexity index is 815. The molecule has 0 bridgehead atoms. The fourth-order valence-corrected chi connectivity index (χ4v) is 3.26. The monoisotopic (exact) mass is 398 g/mol. The predicted octanol–water partition coefficient (Wildman–Crippen LogP) is 4.13. The van der Waals surface area contributed by atoms with Crippen LogP contribution in [0.4, 0.5) is 4.39 Å². The van der Waals surface area contributed by atoms with Crippen molar-refractivity contribution in [1.29, 1.82) is 0 Å². The number of carbonyl (C=O) groups is 2. The van der Waals surface area contributed by atoms with Crippen molar-refractivity contribution in [2.24, 2.45) is 0 Å². The quantitative estimate of drug-likeness (QED) is 0.727. The van der Waals surface area contributed by atoms with E-state index in [2.05, 4.69) is 5.32 Å². The molecule has 0 radical (unpaired) electrons. The lowest BCUT2D eigenvalue weighted by atomic mass is 10.0. The van der Waals surface area contributed by atoms with Crippen LogP contribution in [0, 0.1) is 5.82 Å². The van der Waals surface area contributed by atoms with Crippen LogP contribution in [0.25, 0.3) is 0 Å². The van der Waals surface area contributed by atoms with Gasteiger partial charge in [-0.15, -0.1) is 0 Å². The molecule has 0 aliphatic carbocycles. The second-order valence-corrected chi connectivity index (χ2v) is 8.25. The average Bonchev–Trinajstić information content (AvgIpc) is 2.66. The maximum atomic E-state index is 14.1. The standard InChI is InChI=1S/C24H31FN2O2/c1-5-21(23(29)26-24(2,3)4)27(16-15-18-11-7-6-8-12-18)22(28)17-19-13-9-10-14-20(19)25/h6-14,21H,5,15-17H2,1-4H3,(H,26,29). The van der Waals surface area contributed by atoms with Crippen LogP contribution in [0.2, 0.25) is 0 Å². The molecule has 2 amide bonds. The van der Waals surface area contributed by atoms with E-state index in [-0.39, 0.29) is 18.2 Å². The number of carbonyl (C=O) groups excluding carboxylic acids is 2. The second kappa shape index (κ2) is 10.2. The Morgan fingerprint density at radius 1 is 1.03 bits per heavy atom. The van der Waals surface area contributed by atoms with Gasteiger partial charge in [0.1, 0.15) is 11.9 Å². The summed E-state index contributed by atoms with van der Waals surface area (Å²) in [6.07, 6.45) is 1.05. The molecular weight excluding hydrogens is 367 g/mol. The number of halogens is 1. The van der Waals surface area contributed by atoms with Crippen molar-refractivity contribution in [2.75, 3.05) is 6.54 Å². The molecule has 156 valence electrons. The summed E-state index contributed by atoms with van der Waals surface area (Å²) in [5.74, 6) is -0.840. The van der Waals surface area contributed by atoms with Gasteiger partial charge in [0.05, 0.1) is 6.42 Å². The minimum atomic E-state index is -0.600. The molecule has 0 aromatic heterocycles. The van der Waals surface area contributed by atoms with Gasteiger partial charge in [0.25, 0.3) is 0 Å². The molecule has 4 nitrogen and oxygen atoms in total. The Balaban J connectivity index is 2.24. The molecule has 0 fully saturated rings. The van der Waals surface area contributed by atoms with E-state index >= 15 is 0 Å². The number of nitrogens with one attached hydrogen (secondary N) is 1. The van der Waals surface area contributed by atoms with Gasteiger partial charge >= 0.3 is 0 Å². The van der Waals surface area contributed by atoms with E-state index in [9.17, 15) is 14.0 Å². The summed E-state index contributed by atoms with van der Waals surface area (Å²) in [5.41, 5.74) is 1.03. The van der Waals surface area contributed by atoms with Crippen LogP contribution in [0.3, 0.4) is 0 Å². The predicted molar refractivity (Wildman–Crippen MR) is 114 cm³/mol. The van der Waals surface area contributed by atoms with Crippen LogP contribution in [0.5, 0.6) is 0 Å². The minimum absolute atomic E-state index is 0.0687. The Morgan fingerprint density at radius 2 is 1.66 bits per heavy atom. The molecule has 0 spiro atoms. The van der Waals surface area contributed by atoms with Crippen LogP contribution in [-0.2, 0) is 22.4 Å². The molecule has 0 saturated heterocycles. The molecule has 0 heterocycles. The third kappa shape index (κ3) is 7.00. The number of hydrogen-bond acceptors (Lipinski definition) is 2. The van der Waals surface area contributed by atoms with Gasteiger partial charge in [-0.1, -0.05) is 55.5 Å². The fraction of sp³-hybridized carbons (Fsp3) is 0.417. The first-order valence-corrected chi connectivity index (χ1v) is 10.1. The molecule has 29 heavy (non-hydrogen) atoms. The molecule has 0 aliphatic rings. The van der Waals surface area contributed by atoms with E-state index < -0.39 is 17.4 Å². The van der Waals surface area contributed by atoms with Crippen molar-refractivity contribution in [3.8, 4) is 0 Å². The van der Waals surface area contributed by atoms with Gasteiger partial charge in [0, 0.05) is 12.1 Å². The third-order valence-corrected chi connectivity index (χ3v) is 4.67. The van der Waals surface area contributed by atoms with Crippen molar-refractivity contribution >= 4 is 11.8 Å². The summed E-state index contributed by atoms with van der Waals surface area (Å²) in [7, 11) is 0. The summed E-state index contributed by atoms with van der Waals surface area (Å²) in [6, 6.07) is 15.5. The zero-order chi connectivity index (χ0) is 21.4. The molecule has 2 rings (SSSR count). The highest BCUT2D eigenvalue weighted by molar-refractivity contribution is 5.88. The first-order chi connectivity index (χ1) is 13.7. The zero-order valence-corrected chi connectivity index (χ0v) is 17.7. The lowest BCUT2D eigenvalue weighted by Crippen LogP contribution is -2.54. The molecule has 5 heteroatoms. The highest BCUT2D eigenvalue weighted by atomic mass is 19.1. The molecule has 1 unspecified atom stereocenters. The van der Waals surface area contributed by atoms with Gasteiger partial charge < -0.3 is 10.2 Å². The topological polar surface area (TPSA) is 49.4 Å². The van der Waals surface area contributed by atoms with Gasteiger partial charge in [-0.3, -0.25) is 9.59 Å². The molecule has 0 aliphatic heterocycles. The summed E-state index contributed by atoms with van der Waals surface area (Å²) in [5, 5.41) is 2.97. The lowest BCUT2D eigenvalue weighted by Gasteiger charge is -2.33. The number of nitrogens with zero attached hydrogens (tertiary/aromatic N) is 1. The van der Waals surface area contributed by atoms with E-state index in [0.717, 1.165) is 5.56 Å². The maximum absolute atomic E-state index is 14.1. The van der Waals surface area contributed by atoms with Gasteiger partial charge in [-0.2, -0.15) is 0 Å². The number of benzene rings is 2. The van der Waals surface area contributed by atoms with Crippen molar-refractivity contribution in [3.05, 3.63) is 71.5 Å². The maximum Gasteiger partial charge on any atom is 0.243 e. The van der Waals surface area contributed by atoms with Crippen LogP contribution < -0.4 is 5.32 Å². The number of amides is 2. The van der Waals surface area contributed by atoms with Crippen LogP contribution >= 0.6 is 0 Å². The third-order valence-electron chi connectivity index (χ3n) is 4.67. The Kier molecular flexibility index (Phi) is 7.94. The van der Waals surface area contributed by atoms with E-state index in [0.29, 0.717) is 24.9 Å². The van der Waals surface area contributed by atoms with E-state index in [1.807, 2.05) is 58.0 Å². The summed E-state index contributed by atoms with van der Waals surface area (Å²) in [4.78, 5) is 27.6. The smallest absolute Gasteiger partial charge is 0.243 e. The van der Waals surface area contributed by atoms with Gasteiger partial charge in [-0.25, -0.2) is 4.39 Å². The van der Waals surface area contributed by atoms with Crippen LogP contribution in [-0.4, -0.2) is 34.8 Å². The van der Waals surface area contributed by atoms with Crippen LogP contribution in [0.15, 0.2) is 54.6 Å². The first kappa shape index (κ1) is 22.6. The molecule has 2 aromatic carbocycles. The molecule has 0 saturated carbocycles. The molecule has 1 atom stereocenters. The molecule has 2 aromatic rings. The highest BCUT2D eigenvalue weighted by Crippen LogP contribution is 2.15. The first-order valence-electron chi connectivity index (χ1n) is 10.1. The largest absolute Gasteiger partial charge is 0.350 e. The Morgan fingerprint density at radius 3 is 2.24 bits per heavy atom. The second-order valence-electron chi connectivity index (χ2n) is 8.25. The highest BCUT2D eigenvalue weighted by Gasteiger charge is 2.30. The van der Waals surface area contributed by atoms with E-state index in [1.165, 1.54) is 6.07 Å². The van der Waals surface area contributed by atoms with Gasteiger partial charge in [0.15, 0.2) is 0 Å². The SMILES string of the molecule is CCC(C(=O)NC(C)(C)C)N(CCc1ccccc1)C(=O)Cc1ccccc1F. The summed E-state index contributed by atoms with van der Waals surface area (Å²) < 4.78 is 14.1. The Hall–Kier alpha value is -2.69.